The van der Waals surface area contributed by atoms with Crippen LogP contribution in [0, 0.1) is 5.82 Å². The number of rotatable bonds is 6. The van der Waals surface area contributed by atoms with E-state index in [2.05, 4.69) is 5.32 Å². The van der Waals surface area contributed by atoms with Crippen molar-refractivity contribution in [2.75, 3.05) is 13.7 Å². The van der Waals surface area contributed by atoms with Crippen LogP contribution in [0.15, 0.2) is 18.2 Å². The molecule has 1 unspecified atom stereocenters. The van der Waals surface area contributed by atoms with Crippen molar-refractivity contribution in [1.29, 1.82) is 0 Å². The largest absolute Gasteiger partial charge is 0.496 e. The highest BCUT2D eigenvalue weighted by molar-refractivity contribution is 5.97. The van der Waals surface area contributed by atoms with Gasteiger partial charge >= 0.3 is 0 Å². The zero-order chi connectivity index (χ0) is 14.5. The van der Waals surface area contributed by atoms with Gasteiger partial charge in [0.1, 0.15) is 17.1 Å². The van der Waals surface area contributed by atoms with E-state index in [1.807, 2.05) is 13.8 Å². The average Bonchev–Trinajstić information content (AvgIpc) is 2.38. The smallest absolute Gasteiger partial charge is 0.258 e. The van der Waals surface area contributed by atoms with Gasteiger partial charge in [-0.15, -0.1) is 0 Å². The van der Waals surface area contributed by atoms with E-state index in [1.54, 1.807) is 6.07 Å². The molecule has 19 heavy (non-hydrogen) atoms. The van der Waals surface area contributed by atoms with Crippen LogP contribution in [-0.2, 0) is 0 Å². The highest BCUT2D eigenvalue weighted by atomic mass is 19.1. The van der Waals surface area contributed by atoms with E-state index >= 15 is 0 Å². The second-order valence-corrected chi connectivity index (χ2v) is 4.72. The van der Waals surface area contributed by atoms with Crippen molar-refractivity contribution in [3.05, 3.63) is 29.6 Å². The lowest BCUT2D eigenvalue weighted by Crippen LogP contribution is -2.47. The van der Waals surface area contributed by atoms with Gasteiger partial charge in [-0.25, -0.2) is 4.39 Å². The number of methoxy groups -OCH3 is 1. The van der Waals surface area contributed by atoms with Crippen molar-refractivity contribution in [2.24, 2.45) is 5.73 Å². The number of halogens is 1. The summed E-state index contributed by atoms with van der Waals surface area (Å²) in [7, 11) is 1.41. The number of amides is 1. The number of ether oxygens (including phenoxy) is 1. The fourth-order valence-electron chi connectivity index (χ4n) is 1.88. The molecule has 0 heterocycles. The molecular weight excluding hydrogens is 247 g/mol. The fraction of sp³-hybridized carbons (Fsp3) is 0.500. The minimum absolute atomic E-state index is 0.0679. The van der Waals surface area contributed by atoms with Gasteiger partial charge in [0, 0.05) is 5.54 Å². The molecular formula is C14H21FN2O2. The normalized spacial score (nSPS) is 13.7. The molecule has 0 saturated heterocycles. The van der Waals surface area contributed by atoms with E-state index in [-0.39, 0.29) is 11.3 Å². The number of benzene rings is 1. The molecule has 0 aromatic heterocycles. The summed E-state index contributed by atoms with van der Waals surface area (Å²) in [6.45, 7) is 4.30. The summed E-state index contributed by atoms with van der Waals surface area (Å²) < 4.78 is 18.8. The Morgan fingerprint density at radius 1 is 1.53 bits per heavy atom. The molecule has 0 aliphatic heterocycles. The van der Waals surface area contributed by atoms with Crippen molar-refractivity contribution in [3.8, 4) is 5.75 Å². The van der Waals surface area contributed by atoms with Crippen LogP contribution in [0.1, 0.15) is 37.0 Å². The van der Waals surface area contributed by atoms with Gasteiger partial charge in [0.05, 0.1) is 7.11 Å². The summed E-state index contributed by atoms with van der Waals surface area (Å²) >= 11 is 0. The Balaban J connectivity index is 3.01. The summed E-state index contributed by atoms with van der Waals surface area (Å²) in [5.74, 6) is -0.848. The molecule has 0 aliphatic carbocycles. The lowest BCUT2D eigenvalue weighted by Gasteiger charge is -2.29. The van der Waals surface area contributed by atoms with E-state index in [4.69, 9.17) is 10.5 Å². The Bertz CT molecular complexity index is 451. The summed E-state index contributed by atoms with van der Waals surface area (Å²) in [5, 5.41) is 2.84. The number of hydrogen-bond donors (Lipinski definition) is 2. The Labute approximate surface area is 113 Å². The van der Waals surface area contributed by atoms with Crippen molar-refractivity contribution in [1.82, 2.24) is 5.32 Å². The lowest BCUT2D eigenvalue weighted by molar-refractivity contribution is 0.0892. The van der Waals surface area contributed by atoms with Gasteiger partial charge in [-0.05, 0) is 38.4 Å². The van der Waals surface area contributed by atoms with Gasteiger partial charge in [0.2, 0.25) is 0 Å². The first-order valence-corrected chi connectivity index (χ1v) is 6.32. The molecule has 1 atom stereocenters. The molecule has 106 valence electrons. The lowest BCUT2D eigenvalue weighted by atomic mass is 9.94. The average molecular weight is 268 g/mol. The van der Waals surface area contributed by atoms with Crippen molar-refractivity contribution >= 4 is 5.91 Å². The predicted octanol–water partition coefficient (Wildman–Crippen LogP) is 2.08. The van der Waals surface area contributed by atoms with Crippen LogP contribution in [0.5, 0.6) is 5.75 Å². The van der Waals surface area contributed by atoms with Crippen LogP contribution < -0.4 is 15.8 Å². The summed E-state index contributed by atoms with van der Waals surface area (Å²) in [4.78, 5) is 12.2. The van der Waals surface area contributed by atoms with Crippen LogP contribution in [0.25, 0.3) is 0 Å². The summed E-state index contributed by atoms with van der Waals surface area (Å²) in [6.07, 6.45) is 1.35. The second-order valence-electron chi connectivity index (χ2n) is 4.72. The number of nitrogens with one attached hydrogen (secondary N) is 1. The number of hydrogen-bond acceptors (Lipinski definition) is 3. The summed E-state index contributed by atoms with van der Waals surface area (Å²) in [6, 6.07) is 4.30. The van der Waals surface area contributed by atoms with E-state index in [0.717, 1.165) is 0 Å². The van der Waals surface area contributed by atoms with Crippen molar-refractivity contribution in [3.63, 3.8) is 0 Å². The molecule has 1 rings (SSSR count). The first kappa shape index (κ1) is 15.4. The van der Waals surface area contributed by atoms with Crippen LogP contribution in [0.4, 0.5) is 4.39 Å². The van der Waals surface area contributed by atoms with Crippen LogP contribution >= 0.6 is 0 Å². The number of carbonyl (C=O) groups is 1. The monoisotopic (exact) mass is 268 g/mol. The number of carbonyl (C=O) groups excluding carboxylic acids is 1. The standard InChI is InChI=1S/C14H21FN2O2/c1-4-14(2,8-9-16)17-13(18)12-10(15)6-5-7-11(12)19-3/h5-7H,4,8-9,16H2,1-3H3,(H,17,18). The molecule has 1 aromatic carbocycles. The van der Waals surface area contributed by atoms with E-state index in [9.17, 15) is 9.18 Å². The molecule has 4 nitrogen and oxygen atoms in total. The Hall–Kier alpha value is -1.62. The van der Waals surface area contributed by atoms with Gasteiger partial charge < -0.3 is 15.8 Å². The molecule has 0 saturated carbocycles. The Kier molecular flexibility index (Phi) is 5.30. The molecule has 1 amide bonds. The molecule has 3 N–H and O–H groups in total. The van der Waals surface area contributed by atoms with E-state index in [1.165, 1.54) is 19.2 Å². The molecule has 0 fully saturated rings. The zero-order valence-corrected chi connectivity index (χ0v) is 11.6. The van der Waals surface area contributed by atoms with E-state index in [0.29, 0.717) is 19.4 Å². The topological polar surface area (TPSA) is 64.3 Å². The molecule has 0 spiro atoms. The quantitative estimate of drug-likeness (QED) is 0.830. The van der Waals surface area contributed by atoms with Gasteiger partial charge in [-0.3, -0.25) is 4.79 Å². The fourth-order valence-corrected chi connectivity index (χ4v) is 1.88. The van der Waals surface area contributed by atoms with Crippen molar-refractivity contribution < 1.29 is 13.9 Å². The SMILES string of the molecule is CCC(C)(CCN)NC(=O)c1c(F)cccc1OC. The van der Waals surface area contributed by atoms with Crippen molar-refractivity contribution in [2.45, 2.75) is 32.2 Å². The predicted molar refractivity (Wildman–Crippen MR) is 72.8 cm³/mol. The zero-order valence-electron chi connectivity index (χ0n) is 11.6. The molecule has 0 bridgehead atoms. The third-order valence-corrected chi connectivity index (χ3v) is 3.31. The van der Waals surface area contributed by atoms with Gasteiger partial charge in [-0.1, -0.05) is 13.0 Å². The molecule has 0 aliphatic rings. The van der Waals surface area contributed by atoms with Crippen LogP contribution in [0.3, 0.4) is 0 Å². The van der Waals surface area contributed by atoms with Gasteiger partial charge in [-0.2, -0.15) is 0 Å². The maximum Gasteiger partial charge on any atom is 0.258 e. The van der Waals surface area contributed by atoms with Gasteiger partial charge in [0.25, 0.3) is 5.91 Å². The highest BCUT2D eigenvalue weighted by Crippen LogP contribution is 2.23. The van der Waals surface area contributed by atoms with Crippen LogP contribution in [0.2, 0.25) is 0 Å². The third kappa shape index (κ3) is 3.67. The first-order chi connectivity index (χ1) is 8.97. The summed E-state index contributed by atoms with van der Waals surface area (Å²) in [5.41, 5.74) is 5.03. The van der Waals surface area contributed by atoms with E-state index < -0.39 is 17.3 Å². The maximum atomic E-state index is 13.8. The Morgan fingerprint density at radius 3 is 2.74 bits per heavy atom. The Morgan fingerprint density at radius 2 is 2.21 bits per heavy atom. The highest BCUT2D eigenvalue weighted by Gasteiger charge is 2.27. The maximum absolute atomic E-state index is 13.8. The minimum Gasteiger partial charge on any atom is -0.496 e. The minimum atomic E-state index is -0.594. The molecule has 5 heteroatoms. The molecule has 1 aromatic rings. The third-order valence-electron chi connectivity index (χ3n) is 3.31. The first-order valence-electron chi connectivity index (χ1n) is 6.32. The number of nitrogens with two attached hydrogens (primary N) is 1. The second kappa shape index (κ2) is 6.52. The molecule has 0 radical (unpaired) electrons. The van der Waals surface area contributed by atoms with Gasteiger partial charge in [0.15, 0.2) is 0 Å². The van der Waals surface area contributed by atoms with Crippen LogP contribution in [-0.4, -0.2) is 25.1 Å².